The standard InChI is InChI=1S/C79H132O17P2/c1-5-9-13-17-21-25-29-33-36-40-43-47-51-55-59-63-76(81)89-69-74(95-78(83)65-61-57-53-49-45-39-32-28-24-20-16-12-8-4)71-93-97(85,86)91-67-73(80)68-92-98(87,88)94-72-75(96-79(84)66-62-58-54-50-46-42-38-35-31-27-23-19-15-11-7-3)70-90-77(82)64-60-56-52-48-44-41-37-34-30-26-22-18-14-10-6-2/h9-10,13-14,21-23,25-28,32-38,43,47,55,59,73-75,80H,5-8,11-12,15-20,24,29-31,39-42,44-46,48-54,56-58,60-72H2,1-4H3,(H,85,86)(H,87,88)/b13-9-,14-10-,25-21-,26-22-,27-23-,32-28-,36-33-,37-34-,38-35-,47-43-,59-55-. The summed E-state index contributed by atoms with van der Waals surface area (Å²) in [5.41, 5.74) is 0. The van der Waals surface area contributed by atoms with Gasteiger partial charge in [-0.25, -0.2) is 9.13 Å². The van der Waals surface area contributed by atoms with E-state index in [-0.39, 0.29) is 25.7 Å². The molecule has 0 aromatic carbocycles. The van der Waals surface area contributed by atoms with Crippen LogP contribution in [-0.4, -0.2) is 96.7 Å². The molecule has 0 aromatic rings. The first-order valence-corrected chi connectivity index (χ1v) is 40.4. The van der Waals surface area contributed by atoms with Crippen LogP contribution in [0.15, 0.2) is 134 Å². The van der Waals surface area contributed by atoms with Gasteiger partial charge in [0.2, 0.25) is 0 Å². The lowest BCUT2D eigenvalue weighted by Gasteiger charge is -2.21. The largest absolute Gasteiger partial charge is 0.472 e. The number of carbonyl (C=O) groups excluding carboxylic acids is 4. The van der Waals surface area contributed by atoms with Crippen molar-refractivity contribution in [2.75, 3.05) is 39.6 Å². The second kappa shape index (κ2) is 70.6. The SMILES string of the molecule is CC/C=C\C/C=C\C/C=C\C/C=C\C/C=C\CC(=O)OCC(COP(=O)(O)OCC(O)COP(=O)(O)OCC(COC(=O)CCCCCCC/C=C\C/C=C\C/C=C\CC)OC(=O)CCCCCCC/C=C\C/C=C\CCCCC)OC(=O)CCCCCCC/C=C\CCCCCC. The van der Waals surface area contributed by atoms with Gasteiger partial charge in [-0.15, -0.1) is 0 Å². The predicted octanol–water partition coefficient (Wildman–Crippen LogP) is 21.3. The summed E-state index contributed by atoms with van der Waals surface area (Å²) in [6, 6.07) is 0. The number of rotatable bonds is 69. The second-order valence-electron chi connectivity index (χ2n) is 24.5. The molecular formula is C79H132O17P2. The van der Waals surface area contributed by atoms with E-state index in [4.69, 9.17) is 37.0 Å². The maximum Gasteiger partial charge on any atom is 0.472 e. The summed E-state index contributed by atoms with van der Waals surface area (Å²) in [6.45, 7) is 4.43. The lowest BCUT2D eigenvalue weighted by atomic mass is 10.1. The Morgan fingerprint density at radius 3 is 0.939 bits per heavy atom. The summed E-state index contributed by atoms with van der Waals surface area (Å²) >= 11 is 0. The third kappa shape index (κ3) is 69.7. The van der Waals surface area contributed by atoms with E-state index < -0.39 is 97.5 Å². The van der Waals surface area contributed by atoms with Gasteiger partial charge in [-0.05, 0) is 141 Å². The van der Waals surface area contributed by atoms with Crippen molar-refractivity contribution in [3.63, 3.8) is 0 Å². The lowest BCUT2D eigenvalue weighted by molar-refractivity contribution is -0.161. The van der Waals surface area contributed by atoms with Gasteiger partial charge in [0.25, 0.3) is 0 Å². The number of hydrogen-bond acceptors (Lipinski definition) is 15. The molecule has 0 saturated carbocycles. The number of hydrogen-bond donors (Lipinski definition) is 3. The maximum absolute atomic E-state index is 13.1. The lowest BCUT2D eigenvalue weighted by Crippen LogP contribution is -2.30. The van der Waals surface area contributed by atoms with E-state index in [2.05, 4.69) is 137 Å². The number of carbonyl (C=O) groups is 4. The molecule has 0 aromatic heterocycles. The van der Waals surface area contributed by atoms with Gasteiger partial charge < -0.3 is 33.8 Å². The van der Waals surface area contributed by atoms with Crippen molar-refractivity contribution in [2.24, 2.45) is 0 Å². The van der Waals surface area contributed by atoms with E-state index in [1.165, 1.54) is 44.9 Å². The summed E-state index contributed by atoms with van der Waals surface area (Å²) < 4.78 is 68.3. The second-order valence-corrected chi connectivity index (χ2v) is 27.4. The van der Waals surface area contributed by atoms with Gasteiger partial charge in [0.1, 0.15) is 19.3 Å². The molecule has 560 valence electrons. The van der Waals surface area contributed by atoms with Crippen molar-refractivity contribution in [3.05, 3.63) is 134 Å². The highest BCUT2D eigenvalue weighted by molar-refractivity contribution is 7.47. The number of aliphatic hydroxyl groups excluding tert-OH is 1. The molecule has 0 heterocycles. The van der Waals surface area contributed by atoms with Crippen molar-refractivity contribution in [2.45, 2.75) is 303 Å². The fourth-order valence-electron chi connectivity index (χ4n) is 9.45. The van der Waals surface area contributed by atoms with Gasteiger partial charge in [-0.1, -0.05) is 251 Å². The Morgan fingerprint density at radius 2 is 0.571 bits per heavy atom. The predicted molar refractivity (Wildman–Crippen MR) is 399 cm³/mol. The minimum atomic E-state index is -5.00. The van der Waals surface area contributed by atoms with Crippen molar-refractivity contribution >= 4 is 39.5 Å². The number of esters is 4. The van der Waals surface area contributed by atoms with Gasteiger partial charge in [0.15, 0.2) is 12.2 Å². The van der Waals surface area contributed by atoms with E-state index in [0.717, 1.165) is 161 Å². The molecule has 5 unspecified atom stereocenters. The van der Waals surface area contributed by atoms with Crippen LogP contribution in [0.4, 0.5) is 0 Å². The molecule has 0 radical (unpaired) electrons. The molecule has 0 bridgehead atoms. The molecule has 0 aliphatic heterocycles. The molecule has 0 rings (SSSR count). The van der Waals surface area contributed by atoms with Crippen LogP contribution in [0.25, 0.3) is 0 Å². The first-order chi connectivity index (χ1) is 47.7. The molecule has 0 aliphatic rings. The van der Waals surface area contributed by atoms with Gasteiger partial charge >= 0.3 is 39.5 Å². The minimum absolute atomic E-state index is 0.0621. The van der Waals surface area contributed by atoms with Gasteiger partial charge in [0.05, 0.1) is 32.8 Å². The number of phosphoric ester groups is 2. The molecule has 19 heteroatoms. The Labute approximate surface area is 593 Å². The van der Waals surface area contributed by atoms with Crippen molar-refractivity contribution in [3.8, 4) is 0 Å². The number of phosphoric acid groups is 2. The average molecular weight is 1420 g/mol. The first-order valence-electron chi connectivity index (χ1n) is 37.4. The van der Waals surface area contributed by atoms with Gasteiger partial charge in [-0.2, -0.15) is 0 Å². The molecule has 5 atom stereocenters. The summed E-state index contributed by atoms with van der Waals surface area (Å²) in [6.07, 6.45) is 77.6. The number of allylic oxidation sites excluding steroid dienone is 21. The Balaban J connectivity index is 5.45. The topological polar surface area (TPSA) is 237 Å². The maximum atomic E-state index is 13.1. The van der Waals surface area contributed by atoms with Crippen molar-refractivity contribution in [1.82, 2.24) is 0 Å². The highest BCUT2D eigenvalue weighted by atomic mass is 31.2. The van der Waals surface area contributed by atoms with Gasteiger partial charge in [-0.3, -0.25) is 37.3 Å². The van der Waals surface area contributed by atoms with Crippen LogP contribution >= 0.6 is 15.6 Å². The number of unbranched alkanes of at least 4 members (excludes halogenated alkanes) is 22. The van der Waals surface area contributed by atoms with E-state index in [0.29, 0.717) is 25.7 Å². The minimum Gasteiger partial charge on any atom is -0.462 e. The van der Waals surface area contributed by atoms with E-state index in [1.54, 1.807) is 6.08 Å². The third-order valence-electron chi connectivity index (χ3n) is 15.1. The van der Waals surface area contributed by atoms with Crippen LogP contribution in [0.1, 0.15) is 285 Å². The average Bonchev–Trinajstić information content (AvgIpc) is 0.959. The monoisotopic (exact) mass is 1410 g/mol. The summed E-state index contributed by atoms with van der Waals surface area (Å²) in [5.74, 6) is -2.37. The van der Waals surface area contributed by atoms with Crippen LogP contribution in [-0.2, 0) is 65.4 Å². The van der Waals surface area contributed by atoms with Crippen LogP contribution in [0.5, 0.6) is 0 Å². The van der Waals surface area contributed by atoms with Crippen LogP contribution < -0.4 is 0 Å². The summed E-state index contributed by atoms with van der Waals surface area (Å²) in [5, 5.41) is 10.6. The zero-order chi connectivity index (χ0) is 71.8. The van der Waals surface area contributed by atoms with Crippen molar-refractivity contribution < 1.29 is 80.2 Å². The van der Waals surface area contributed by atoms with E-state index in [9.17, 15) is 43.2 Å². The highest BCUT2D eigenvalue weighted by Gasteiger charge is 2.30. The van der Waals surface area contributed by atoms with Gasteiger partial charge in [0, 0.05) is 19.3 Å². The normalized spacial score (nSPS) is 14.7. The smallest absolute Gasteiger partial charge is 0.462 e. The van der Waals surface area contributed by atoms with Crippen molar-refractivity contribution in [1.29, 1.82) is 0 Å². The zero-order valence-corrected chi connectivity index (χ0v) is 62.7. The molecule has 0 fully saturated rings. The molecular weight excluding hydrogens is 1280 g/mol. The van der Waals surface area contributed by atoms with Crippen LogP contribution in [0.2, 0.25) is 0 Å². The summed E-state index contributed by atoms with van der Waals surface area (Å²) in [4.78, 5) is 72.7. The Hall–Kier alpha value is -4.80. The molecule has 0 spiro atoms. The molecule has 98 heavy (non-hydrogen) atoms. The van der Waals surface area contributed by atoms with Crippen LogP contribution in [0, 0.1) is 0 Å². The Bertz CT molecular complexity index is 2380. The fourth-order valence-corrected chi connectivity index (χ4v) is 11.0. The molecule has 0 amide bonds. The van der Waals surface area contributed by atoms with Crippen LogP contribution in [0.3, 0.4) is 0 Å². The van der Waals surface area contributed by atoms with E-state index in [1.807, 2.05) is 18.2 Å². The Morgan fingerprint density at radius 1 is 0.306 bits per heavy atom. The third-order valence-corrected chi connectivity index (χ3v) is 17.0. The molecule has 0 saturated heterocycles. The highest BCUT2D eigenvalue weighted by Crippen LogP contribution is 2.45. The molecule has 0 aliphatic carbocycles. The zero-order valence-electron chi connectivity index (χ0n) is 60.9. The first kappa shape index (κ1) is 93.2. The molecule has 3 N–H and O–H groups in total. The molecule has 17 nitrogen and oxygen atoms in total. The van der Waals surface area contributed by atoms with E-state index >= 15 is 0 Å². The Kier molecular flexibility index (Phi) is 67.2. The quantitative estimate of drug-likeness (QED) is 0.0169. The number of ether oxygens (including phenoxy) is 4. The number of aliphatic hydroxyl groups is 1. The fraction of sp³-hybridized carbons (Fsp3) is 0.671. The summed E-state index contributed by atoms with van der Waals surface area (Å²) in [7, 11) is -9.99.